The van der Waals surface area contributed by atoms with Crippen LogP contribution in [0.1, 0.15) is 12.1 Å². The van der Waals surface area contributed by atoms with E-state index in [1.165, 1.54) is 11.0 Å². The molecule has 0 atom stereocenters. The molecule has 0 bridgehead atoms. The maximum atomic E-state index is 10.5. The van der Waals surface area contributed by atoms with Crippen LogP contribution >= 0.6 is 24.0 Å². The van der Waals surface area contributed by atoms with Crippen LogP contribution in [0.3, 0.4) is 0 Å². The molecule has 0 aliphatic heterocycles. The Kier molecular flexibility index (Phi) is 6.63. The minimum absolute atomic E-state index is 0. The molecule has 0 aliphatic carbocycles. The third-order valence-electron chi connectivity index (χ3n) is 3.45. The van der Waals surface area contributed by atoms with E-state index in [1.807, 2.05) is 30.3 Å². The fourth-order valence-electron chi connectivity index (χ4n) is 2.29. The maximum absolute atomic E-state index is 10.5. The highest BCUT2D eigenvalue weighted by atomic mass is 35.5. The van der Waals surface area contributed by atoms with Gasteiger partial charge in [-0.15, -0.1) is 12.4 Å². The number of rotatable bonds is 7. The van der Waals surface area contributed by atoms with Gasteiger partial charge in [-0.3, -0.25) is 4.98 Å². The highest BCUT2D eigenvalue weighted by Gasteiger charge is 2.12. The normalized spacial score (nSPS) is 10.6. The third kappa shape index (κ3) is 5.09. The fourth-order valence-corrected chi connectivity index (χ4v) is 2.46. The van der Waals surface area contributed by atoms with Crippen molar-refractivity contribution >= 4 is 40.9 Å². The summed E-state index contributed by atoms with van der Waals surface area (Å²) in [5.74, 6) is -0.373. The molecule has 0 saturated carbocycles. The zero-order valence-electron chi connectivity index (χ0n) is 13.1. The van der Waals surface area contributed by atoms with E-state index in [4.69, 9.17) is 11.6 Å². The number of fused-ring (bicyclic) bond motifs is 1. The van der Waals surface area contributed by atoms with E-state index in [0.29, 0.717) is 18.1 Å². The third-order valence-corrected chi connectivity index (χ3v) is 3.68. The molecule has 0 amide bonds. The van der Waals surface area contributed by atoms with Crippen molar-refractivity contribution in [1.82, 2.24) is 25.1 Å². The summed E-state index contributed by atoms with van der Waals surface area (Å²) in [4.78, 5) is 18.1. The monoisotopic (exact) mass is 382 g/mol. The first kappa shape index (κ1) is 19.0. The summed E-state index contributed by atoms with van der Waals surface area (Å²) in [7, 11) is 0. The number of aromatic nitrogens is 4. The summed E-state index contributed by atoms with van der Waals surface area (Å²) in [6.07, 6.45) is 2.15. The van der Waals surface area contributed by atoms with Crippen LogP contribution in [-0.2, 0) is 13.1 Å². The molecule has 1 aromatic carbocycles. The number of nitrogens with one attached hydrogen (secondary N) is 1. The second-order valence-electron chi connectivity index (χ2n) is 5.23. The molecule has 0 unspecified atom stereocenters. The number of pyridine rings is 1. The van der Waals surface area contributed by atoms with E-state index >= 15 is 0 Å². The summed E-state index contributed by atoms with van der Waals surface area (Å²) >= 11 is 5.98. The van der Waals surface area contributed by atoms with Crippen LogP contribution < -0.4 is 5.32 Å². The van der Waals surface area contributed by atoms with Crippen LogP contribution in [0.5, 0.6) is 0 Å². The smallest absolute Gasteiger partial charge is 0.390 e. The van der Waals surface area contributed by atoms with Gasteiger partial charge in [0.2, 0.25) is 6.33 Å². The Morgan fingerprint density at radius 2 is 2.08 bits per heavy atom. The van der Waals surface area contributed by atoms with E-state index in [9.17, 15) is 10.1 Å². The van der Waals surface area contributed by atoms with E-state index in [0.717, 1.165) is 29.6 Å². The average molecular weight is 383 g/mol. The van der Waals surface area contributed by atoms with Crippen LogP contribution in [0.15, 0.2) is 36.7 Å². The van der Waals surface area contributed by atoms with Crippen molar-refractivity contribution in [3.05, 3.63) is 57.5 Å². The summed E-state index contributed by atoms with van der Waals surface area (Å²) < 4.78 is 1.47. The van der Waals surface area contributed by atoms with Gasteiger partial charge in [0.15, 0.2) is 0 Å². The summed E-state index contributed by atoms with van der Waals surface area (Å²) in [6, 6.07) is 9.63. The number of nitrogens with zero attached hydrogens (tertiary/aromatic N) is 5. The Bertz CT molecular complexity index is 870. The Morgan fingerprint density at radius 1 is 1.28 bits per heavy atom. The molecule has 8 nitrogen and oxygen atoms in total. The average Bonchev–Trinajstić information content (AvgIpc) is 3.03. The highest BCUT2D eigenvalue weighted by molar-refractivity contribution is 6.31. The van der Waals surface area contributed by atoms with E-state index < -0.39 is 4.92 Å². The number of benzene rings is 1. The number of hydrogen-bond donors (Lipinski definition) is 1. The van der Waals surface area contributed by atoms with Crippen LogP contribution in [0, 0.1) is 10.1 Å². The lowest BCUT2D eigenvalue weighted by Crippen LogP contribution is -2.17. The fraction of sp³-hybridized carbons (Fsp3) is 0.267. The second-order valence-corrected chi connectivity index (χ2v) is 5.67. The Morgan fingerprint density at radius 3 is 2.84 bits per heavy atom. The number of aryl methyl sites for hydroxylation is 1. The Labute approximate surface area is 154 Å². The maximum Gasteiger partial charge on any atom is 0.490 e. The largest absolute Gasteiger partial charge is 0.490 e. The Balaban J connectivity index is 0.00000225. The van der Waals surface area contributed by atoms with E-state index in [-0.39, 0.29) is 18.4 Å². The van der Waals surface area contributed by atoms with Gasteiger partial charge < -0.3 is 15.4 Å². The van der Waals surface area contributed by atoms with Gasteiger partial charge in [-0.25, -0.2) is 0 Å². The number of nitro groups is 1. The zero-order valence-corrected chi connectivity index (χ0v) is 14.7. The molecule has 1 N–H and O–H groups in total. The molecule has 10 heteroatoms. The highest BCUT2D eigenvalue weighted by Crippen LogP contribution is 2.17. The molecular weight excluding hydrogens is 367 g/mol. The van der Waals surface area contributed by atoms with Crippen LogP contribution in [0.2, 0.25) is 5.02 Å². The molecule has 132 valence electrons. The topological polar surface area (TPSA) is 98.8 Å². The molecule has 0 radical (unpaired) electrons. The minimum atomic E-state index is -0.605. The molecule has 0 aliphatic rings. The predicted octanol–water partition coefficient (Wildman–Crippen LogP) is 2.99. The van der Waals surface area contributed by atoms with Gasteiger partial charge in [0.25, 0.3) is 0 Å². The first-order valence-electron chi connectivity index (χ1n) is 7.41. The van der Waals surface area contributed by atoms with Gasteiger partial charge in [0.05, 0.1) is 17.8 Å². The molecule has 2 heterocycles. The van der Waals surface area contributed by atoms with Crippen molar-refractivity contribution in [2.75, 3.05) is 6.54 Å². The summed E-state index contributed by atoms with van der Waals surface area (Å²) in [5.41, 5.74) is 1.80. The van der Waals surface area contributed by atoms with Gasteiger partial charge in [-0.1, -0.05) is 28.7 Å². The van der Waals surface area contributed by atoms with Gasteiger partial charge in [-0.2, -0.15) is 4.68 Å². The van der Waals surface area contributed by atoms with Crippen molar-refractivity contribution in [2.45, 2.75) is 19.5 Å². The van der Waals surface area contributed by atoms with Gasteiger partial charge in [-0.05, 0) is 36.1 Å². The lowest BCUT2D eigenvalue weighted by atomic mass is 10.2. The second kappa shape index (κ2) is 8.70. The van der Waals surface area contributed by atoms with Crippen molar-refractivity contribution in [2.24, 2.45) is 0 Å². The quantitative estimate of drug-likeness (QED) is 0.383. The number of hydrogen-bond acceptors (Lipinski definition) is 6. The number of halogens is 2. The first-order valence-corrected chi connectivity index (χ1v) is 7.79. The van der Waals surface area contributed by atoms with E-state index in [1.54, 1.807) is 0 Å². The molecule has 3 aromatic rings. The molecule has 0 fully saturated rings. The first-order chi connectivity index (χ1) is 11.6. The minimum Gasteiger partial charge on any atom is -0.390 e. The van der Waals surface area contributed by atoms with Crippen molar-refractivity contribution in [3.8, 4) is 0 Å². The van der Waals surface area contributed by atoms with Crippen molar-refractivity contribution < 1.29 is 4.92 Å². The lowest BCUT2D eigenvalue weighted by Gasteiger charge is -2.05. The summed E-state index contributed by atoms with van der Waals surface area (Å²) in [6.45, 7) is 1.94. The molecule has 25 heavy (non-hydrogen) atoms. The van der Waals surface area contributed by atoms with Crippen LogP contribution in [0.4, 0.5) is 5.95 Å². The lowest BCUT2D eigenvalue weighted by molar-refractivity contribution is -0.394. The summed E-state index contributed by atoms with van der Waals surface area (Å²) in [5, 5.41) is 19.3. The zero-order chi connectivity index (χ0) is 16.9. The van der Waals surface area contributed by atoms with Crippen molar-refractivity contribution in [3.63, 3.8) is 0 Å². The van der Waals surface area contributed by atoms with Crippen molar-refractivity contribution in [1.29, 1.82) is 0 Å². The molecule has 0 saturated heterocycles. The molecule has 3 rings (SSSR count). The van der Waals surface area contributed by atoms with E-state index in [2.05, 4.69) is 20.4 Å². The SMILES string of the molecule is Cl.O=[N+]([O-])c1ncn(CCCNCc2ccc3ccc(Cl)cc3n2)n1. The standard InChI is InChI=1S/C15H15ClN6O2.ClH/c16-12-4-2-11-3-5-13(19-14(11)8-12)9-17-6-1-7-21-10-18-15(20-21)22(23)24;/h2-5,8,10,17H,1,6-7,9H2;1H. The predicted molar refractivity (Wildman–Crippen MR) is 97.0 cm³/mol. The van der Waals surface area contributed by atoms with Gasteiger partial charge in [0.1, 0.15) is 0 Å². The van der Waals surface area contributed by atoms with Gasteiger partial charge >= 0.3 is 5.95 Å². The molecule has 0 spiro atoms. The van der Waals surface area contributed by atoms with Crippen LogP contribution in [-0.4, -0.2) is 31.2 Å². The van der Waals surface area contributed by atoms with Gasteiger partial charge in [0, 0.05) is 22.1 Å². The Hall–Kier alpha value is -2.29. The molecular formula is C15H16Cl2N6O2. The van der Waals surface area contributed by atoms with Crippen LogP contribution in [0.25, 0.3) is 10.9 Å². The molecule has 2 aromatic heterocycles.